The number of amides is 1. The molecule has 0 aliphatic rings. The fourth-order valence-electron chi connectivity index (χ4n) is 2.49. The number of carbonyl (C=O) groups excluding carboxylic acids is 1. The standard InChI is InChI=1S/C20H19BrN2OS/c1-3-13(2)14-8-10-15(11-9-14)18-12-25-20(22-18)23-19(24)16-6-4-5-7-17(16)21/h4-13H,3H2,1-2H3,(H,22,23,24). The maximum absolute atomic E-state index is 12.4. The van der Waals surface area contributed by atoms with Gasteiger partial charge in [-0.1, -0.05) is 50.2 Å². The molecule has 0 saturated carbocycles. The molecule has 1 aromatic heterocycles. The van der Waals surface area contributed by atoms with E-state index >= 15 is 0 Å². The van der Waals surface area contributed by atoms with Crippen LogP contribution >= 0.6 is 27.3 Å². The van der Waals surface area contributed by atoms with Crippen molar-refractivity contribution in [2.24, 2.45) is 0 Å². The van der Waals surface area contributed by atoms with Gasteiger partial charge in [-0.15, -0.1) is 11.3 Å². The van der Waals surface area contributed by atoms with Crippen molar-refractivity contribution in [1.29, 1.82) is 0 Å². The summed E-state index contributed by atoms with van der Waals surface area (Å²) in [5, 5.41) is 5.43. The number of nitrogens with zero attached hydrogens (tertiary/aromatic N) is 1. The summed E-state index contributed by atoms with van der Waals surface area (Å²) < 4.78 is 0.768. The summed E-state index contributed by atoms with van der Waals surface area (Å²) in [5.74, 6) is 0.393. The zero-order chi connectivity index (χ0) is 17.8. The van der Waals surface area contributed by atoms with Crippen LogP contribution in [0.15, 0.2) is 58.4 Å². The van der Waals surface area contributed by atoms with Crippen LogP contribution in [0.2, 0.25) is 0 Å². The molecule has 0 saturated heterocycles. The third-order valence-electron chi connectivity index (χ3n) is 4.23. The van der Waals surface area contributed by atoms with E-state index in [1.807, 2.05) is 23.6 Å². The summed E-state index contributed by atoms with van der Waals surface area (Å²) in [4.78, 5) is 16.9. The maximum Gasteiger partial charge on any atom is 0.258 e. The van der Waals surface area contributed by atoms with Crippen LogP contribution in [0.1, 0.15) is 42.1 Å². The Balaban J connectivity index is 1.74. The number of carbonyl (C=O) groups is 1. The summed E-state index contributed by atoms with van der Waals surface area (Å²) in [6.45, 7) is 4.42. The fourth-order valence-corrected chi connectivity index (χ4v) is 3.67. The van der Waals surface area contributed by atoms with Crippen LogP contribution < -0.4 is 5.32 Å². The molecule has 128 valence electrons. The first-order chi connectivity index (χ1) is 12.1. The quantitative estimate of drug-likeness (QED) is 0.529. The van der Waals surface area contributed by atoms with E-state index in [4.69, 9.17) is 0 Å². The van der Waals surface area contributed by atoms with Crippen molar-refractivity contribution < 1.29 is 4.79 Å². The highest BCUT2D eigenvalue weighted by Crippen LogP contribution is 2.28. The van der Waals surface area contributed by atoms with Gasteiger partial charge in [0.1, 0.15) is 0 Å². The molecule has 25 heavy (non-hydrogen) atoms. The second-order valence-corrected chi connectivity index (χ2v) is 7.62. The van der Waals surface area contributed by atoms with E-state index in [0.717, 1.165) is 22.2 Å². The van der Waals surface area contributed by atoms with Gasteiger partial charge >= 0.3 is 0 Å². The largest absolute Gasteiger partial charge is 0.298 e. The highest BCUT2D eigenvalue weighted by molar-refractivity contribution is 9.10. The second kappa shape index (κ2) is 7.93. The van der Waals surface area contributed by atoms with Crippen LogP contribution in [0.25, 0.3) is 11.3 Å². The molecular weight excluding hydrogens is 396 g/mol. The van der Waals surface area contributed by atoms with E-state index in [-0.39, 0.29) is 5.91 Å². The van der Waals surface area contributed by atoms with Gasteiger partial charge in [-0.05, 0) is 46.0 Å². The number of anilines is 1. The van der Waals surface area contributed by atoms with Crippen LogP contribution in [0.4, 0.5) is 5.13 Å². The number of hydrogen-bond donors (Lipinski definition) is 1. The lowest BCUT2D eigenvalue weighted by Gasteiger charge is -2.08. The molecule has 1 atom stereocenters. The molecule has 0 bridgehead atoms. The van der Waals surface area contributed by atoms with Gasteiger partial charge in [0.25, 0.3) is 5.91 Å². The predicted molar refractivity (Wildman–Crippen MR) is 108 cm³/mol. The van der Waals surface area contributed by atoms with Gasteiger partial charge in [0.2, 0.25) is 0 Å². The van der Waals surface area contributed by atoms with E-state index in [0.29, 0.717) is 16.6 Å². The third-order valence-corrected chi connectivity index (χ3v) is 5.68. The van der Waals surface area contributed by atoms with Crippen molar-refractivity contribution in [2.75, 3.05) is 5.32 Å². The Kier molecular flexibility index (Phi) is 5.66. The lowest BCUT2D eigenvalue weighted by atomic mass is 9.97. The topological polar surface area (TPSA) is 42.0 Å². The summed E-state index contributed by atoms with van der Waals surface area (Å²) in [6, 6.07) is 15.8. The lowest BCUT2D eigenvalue weighted by Crippen LogP contribution is -2.12. The van der Waals surface area contributed by atoms with Gasteiger partial charge in [-0.3, -0.25) is 10.1 Å². The molecule has 5 heteroatoms. The Morgan fingerprint density at radius 1 is 1.20 bits per heavy atom. The third kappa shape index (κ3) is 4.17. The maximum atomic E-state index is 12.4. The van der Waals surface area contributed by atoms with Gasteiger partial charge in [0.15, 0.2) is 5.13 Å². The zero-order valence-electron chi connectivity index (χ0n) is 14.1. The fraction of sp³-hybridized carbons (Fsp3) is 0.200. The van der Waals surface area contributed by atoms with E-state index in [2.05, 4.69) is 64.3 Å². The Bertz CT molecular complexity index is 873. The molecule has 0 aliphatic heterocycles. The number of aromatic nitrogens is 1. The minimum atomic E-state index is -0.166. The number of thiazole rings is 1. The number of rotatable bonds is 5. The molecule has 0 fully saturated rings. The molecule has 1 amide bonds. The SMILES string of the molecule is CCC(C)c1ccc(-c2csc(NC(=O)c3ccccc3Br)n2)cc1. The molecule has 3 aromatic rings. The van der Waals surface area contributed by atoms with Gasteiger partial charge < -0.3 is 0 Å². The summed E-state index contributed by atoms with van der Waals surface area (Å²) in [6.07, 6.45) is 1.13. The highest BCUT2D eigenvalue weighted by atomic mass is 79.9. The number of benzene rings is 2. The molecule has 3 nitrogen and oxygen atoms in total. The molecule has 1 unspecified atom stereocenters. The molecule has 3 rings (SSSR count). The molecule has 1 N–H and O–H groups in total. The van der Waals surface area contributed by atoms with Crippen molar-refractivity contribution in [1.82, 2.24) is 4.98 Å². The van der Waals surface area contributed by atoms with E-state index in [1.54, 1.807) is 6.07 Å². The summed E-state index contributed by atoms with van der Waals surface area (Å²) in [5.41, 5.74) is 3.87. The Hall–Kier alpha value is -1.98. The Morgan fingerprint density at radius 2 is 1.92 bits per heavy atom. The predicted octanol–water partition coefficient (Wildman–Crippen LogP) is 6.34. The Morgan fingerprint density at radius 3 is 2.60 bits per heavy atom. The normalized spacial score (nSPS) is 12.0. The minimum absolute atomic E-state index is 0.166. The van der Waals surface area contributed by atoms with Crippen molar-refractivity contribution >= 4 is 38.3 Å². The van der Waals surface area contributed by atoms with Crippen LogP contribution in [-0.2, 0) is 0 Å². The first-order valence-electron chi connectivity index (χ1n) is 8.20. The molecular formula is C20H19BrN2OS. The van der Waals surface area contributed by atoms with Crippen LogP contribution in [0.3, 0.4) is 0 Å². The van der Waals surface area contributed by atoms with Gasteiger partial charge in [-0.25, -0.2) is 4.98 Å². The monoisotopic (exact) mass is 414 g/mol. The van der Waals surface area contributed by atoms with E-state index in [9.17, 15) is 4.79 Å². The van der Waals surface area contributed by atoms with Gasteiger partial charge in [0.05, 0.1) is 11.3 Å². The average Bonchev–Trinajstić information content (AvgIpc) is 3.10. The lowest BCUT2D eigenvalue weighted by molar-refractivity contribution is 0.102. The van der Waals surface area contributed by atoms with Gasteiger partial charge in [0, 0.05) is 15.4 Å². The molecule has 0 spiro atoms. The number of nitrogens with one attached hydrogen (secondary N) is 1. The van der Waals surface area contributed by atoms with Crippen LogP contribution in [0.5, 0.6) is 0 Å². The highest BCUT2D eigenvalue weighted by Gasteiger charge is 2.12. The van der Waals surface area contributed by atoms with E-state index in [1.165, 1.54) is 16.9 Å². The van der Waals surface area contributed by atoms with Crippen molar-refractivity contribution in [3.05, 3.63) is 69.5 Å². The van der Waals surface area contributed by atoms with Crippen molar-refractivity contribution in [3.63, 3.8) is 0 Å². The molecule has 0 aliphatic carbocycles. The first-order valence-corrected chi connectivity index (χ1v) is 9.87. The minimum Gasteiger partial charge on any atom is -0.298 e. The smallest absolute Gasteiger partial charge is 0.258 e. The van der Waals surface area contributed by atoms with Crippen molar-refractivity contribution in [2.45, 2.75) is 26.2 Å². The van der Waals surface area contributed by atoms with Crippen LogP contribution in [0, 0.1) is 0 Å². The molecule has 2 aromatic carbocycles. The number of hydrogen-bond acceptors (Lipinski definition) is 3. The van der Waals surface area contributed by atoms with Gasteiger partial charge in [-0.2, -0.15) is 0 Å². The average molecular weight is 415 g/mol. The zero-order valence-corrected chi connectivity index (χ0v) is 16.5. The second-order valence-electron chi connectivity index (χ2n) is 5.90. The number of halogens is 1. The summed E-state index contributed by atoms with van der Waals surface area (Å²) >= 11 is 4.83. The first kappa shape index (κ1) is 17.8. The molecule has 1 heterocycles. The van der Waals surface area contributed by atoms with Crippen LogP contribution in [-0.4, -0.2) is 10.9 Å². The van der Waals surface area contributed by atoms with E-state index < -0.39 is 0 Å². The summed E-state index contributed by atoms with van der Waals surface area (Å²) in [7, 11) is 0. The molecule has 0 radical (unpaired) electrons. The van der Waals surface area contributed by atoms with Crippen molar-refractivity contribution in [3.8, 4) is 11.3 Å². The Labute approximate surface area is 160 Å².